The summed E-state index contributed by atoms with van der Waals surface area (Å²) in [5.74, 6) is 0.792. The molecule has 0 aromatic carbocycles. The van der Waals surface area contributed by atoms with E-state index in [4.69, 9.17) is 0 Å². The van der Waals surface area contributed by atoms with Gasteiger partial charge in [-0.3, -0.25) is 9.59 Å². The van der Waals surface area contributed by atoms with Gasteiger partial charge in [-0.05, 0) is 68.6 Å². The van der Waals surface area contributed by atoms with Crippen molar-refractivity contribution < 1.29 is 9.59 Å². The minimum Gasteiger partial charge on any atom is -0.346 e. The summed E-state index contributed by atoms with van der Waals surface area (Å²) in [6.07, 6.45) is 11.0. The number of rotatable bonds is 7. The van der Waals surface area contributed by atoms with E-state index < -0.39 is 0 Å². The maximum Gasteiger partial charge on any atom is 0.265 e. The first-order valence-electron chi connectivity index (χ1n) is 10.4. The van der Waals surface area contributed by atoms with Crippen LogP contribution in [-0.2, 0) is 11.2 Å². The van der Waals surface area contributed by atoms with Crippen molar-refractivity contribution in [1.29, 1.82) is 0 Å². The third kappa shape index (κ3) is 4.98. The van der Waals surface area contributed by atoms with E-state index in [0.29, 0.717) is 16.4 Å². The molecule has 2 saturated carbocycles. The molecule has 2 fully saturated rings. The van der Waals surface area contributed by atoms with Gasteiger partial charge in [-0.2, -0.15) is 0 Å². The lowest BCUT2D eigenvalue weighted by molar-refractivity contribution is -0.117. The number of nitrogens with one attached hydrogen (secondary N) is 2. The molecule has 8 heteroatoms. The quantitative estimate of drug-likeness (QED) is 0.722. The molecule has 0 saturated heterocycles. The van der Waals surface area contributed by atoms with Gasteiger partial charge in [-0.25, -0.2) is 4.98 Å². The van der Waals surface area contributed by atoms with Gasteiger partial charge in [0.1, 0.15) is 10.7 Å². The Kier molecular flexibility index (Phi) is 5.89. The molecule has 29 heavy (non-hydrogen) atoms. The molecule has 2 heterocycles. The number of hydrogen-bond donors (Lipinski definition) is 2. The number of aryl methyl sites for hydroxylation is 2. The van der Waals surface area contributed by atoms with Crippen LogP contribution in [0.2, 0.25) is 0 Å². The highest BCUT2D eigenvalue weighted by Gasteiger charge is 2.34. The number of amides is 2. The topological polar surface area (TPSA) is 96.9 Å². The summed E-state index contributed by atoms with van der Waals surface area (Å²) in [6.45, 7) is 1.82. The molecule has 154 valence electrons. The van der Waals surface area contributed by atoms with Gasteiger partial charge in [0.2, 0.25) is 5.91 Å². The van der Waals surface area contributed by atoms with Crippen LogP contribution in [0.4, 0.5) is 5.82 Å². The van der Waals surface area contributed by atoms with Crippen molar-refractivity contribution in [1.82, 2.24) is 19.9 Å². The fourth-order valence-electron chi connectivity index (χ4n) is 4.01. The number of pyridine rings is 1. The zero-order valence-corrected chi connectivity index (χ0v) is 17.6. The molecular weight excluding hydrogens is 386 g/mol. The average molecular weight is 414 g/mol. The second kappa shape index (κ2) is 8.57. The predicted octanol–water partition coefficient (Wildman–Crippen LogP) is 3.66. The van der Waals surface area contributed by atoms with Crippen molar-refractivity contribution in [2.45, 2.75) is 70.3 Å². The smallest absolute Gasteiger partial charge is 0.265 e. The second-order valence-corrected chi connectivity index (χ2v) is 9.05. The molecular formula is C21H27N5O2S. The lowest BCUT2D eigenvalue weighted by Gasteiger charge is -2.38. The minimum absolute atomic E-state index is 0.0596. The van der Waals surface area contributed by atoms with E-state index in [2.05, 4.69) is 25.2 Å². The molecule has 0 unspecified atom stereocenters. The van der Waals surface area contributed by atoms with E-state index in [1.807, 2.05) is 25.3 Å². The lowest BCUT2D eigenvalue weighted by Crippen LogP contribution is -2.50. The van der Waals surface area contributed by atoms with Crippen LogP contribution in [0, 0.1) is 12.8 Å². The van der Waals surface area contributed by atoms with Crippen molar-refractivity contribution in [3.8, 4) is 0 Å². The lowest BCUT2D eigenvalue weighted by atomic mass is 9.77. The highest BCUT2D eigenvalue weighted by Crippen LogP contribution is 2.33. The molecule has 0 radical (unpaired) electrons. The molecule has 0 bridgehead atoms. The normalized spacial score (nSPS) is 18.2. The maximum atomic E-state index is 12.8. The first kappa shape index (κ1) is 19.9. The van der Waals surface area contributed by atoms with Gasteiger partial charge >= 0.3 is 0 Å². The summed E-state index contributed by atoms with van der Waals surface area (Å²) in [5, 5.41) is 10.2. The Bertz CT molecular complexity index is 869. The van der Waals surface area contributed by atoms with Gasteiger partial charge in [-0.15, -0.1) is 5.10 Å². The third-order valence-electron chi connectivity index (χ3n) is 5.96. The Balaban J connectivity index is 1.38. The first-order valence-corrected chi connectivity index (χ1v) is 11.2. The van der Waals surface area contributed by atoms with Crippen molar-refractivity contribution in [2.24, 2.45) is 5.92 Å². The summed E-state index contributed by atoms with van der Waals surface area (Å²) >= 11 is 1.15. The Morgan fingerprint density at radius 1 is 1.21 bits per heavy atom. The number of aromatic nitrogens is 3. The largest absolute Gasteiger partial charge is 0.346 e. The molecule has 0 atom stereocenters. The van der Waals surface area contributed by atoms with Crippen LogP contribution in [0.1, 0.15) is 72.3 Å². The highest BCUT2D eigenvalue weighted by molar-refractivity contribution is 7.08. The molecule has 2 aromatic heterocycles. The van der Waals surface area contributed by atoms with Gasteiger partial charge in [-0.1, -0.05) is 29.8 Å². The Labute approximate surface area is 174 Å². The van der Waals surface area contributed by atoms with Crippen LogP contribution in [0.25, 0.3) is 0 Å². The summed E-state index contributed by atoms with van der Waals surface area (Å²) in [5.41, 5.74) is 1.61. The minimum atomic E-state index is -0.190. The van der Waals surface area contributed by atoms with E-state index in [9.17, 15) is 9.59 Å². The van der Waals surface area contributed by atoms with Crippen LogP contribution in [0.5, 0.6) is 0 Å². The van der Waals surface area contributed by atoms with Crippen LogP contribution in [-0.4, -0.2) is 31.9 Å². The molecule has 2 amide bonds. The Morgan fingerprint density at radius 3 is 2.62 bits per heavy atom. The van der Waals surface area contributed by atoms with Crippen molar-refractivity contribution >= 4 is 29.2 Å². The number of anilines is 1. The molecule has 2 N–H and O–H groups in total. The predicted molar refractivity (Wildman–Crippen MR) is 112 cm³/mol. The van der Waals surface area contributed by atoms with Crippen LogP contribution >= 0.6 is 11.5 Å². The van der Waals surface area contributed by atoms with Crippen LogP contribution < -0.4 is 10.6 Å². The molecule has 2 aromatic rings. The second-order valence-electron chi connectivity index (χ2n) is 8.30. The number of carbonyl (C=O) groups excluding carboxylic acids is 2. The van der Waals surface area contributed by atoms with E-state index in [-0.39, 0.29) is 23.3 Å². The summed E-state index contributed by atoms with van der Waals surface area (Å²) in [7, 11) is 0. The number of nitrogens with zero attached hydrogens (tertiary/aromatic N) is 3. The average Bonchev–Trinajstić information content (AvgIpc) is 3.49. The zero-order chi connectivity index (χ0) is 20.3. The fourth-order valence-corrected chi connectivity index (χ4v) is 4.56. The van der Waals surface area contributed by atoms with E-state index >= 15 is 0 Å². The summed E-state index contributed by atoms with van der Waals surface area (Å²) in [6, 6.07) is 3.89. The van der Waals surface area contributed by atoms with Crippen LogP contribution in [0.15, 0.2) is 18.3 Å². The zero-order valence-electron chi connectivity index (χ0n) is 16.7. The maximum absolute atomic E-state index is 12.8. The Morgan fingerprint density at radius 2 is 2.00 bits per heavy atom. The summed E-state index contributed by atoms with van der Waals surface area (Å²) < 4.78 is 3.89. The van der Waals surface area contributed by atoms with Crippen molar-refractivity contribution in [3.63, 3.8) is 0 Å². The van der Waals surface area contributed by atoms with E-state index in [1.54, 1.807) is 0 Å². The van der Waals surface area contributed by atoms with E-state index in [1.165, 1.54) is 6.42 Å². The van der Waals surface area contributed by atoms with Crippen molar-refractivity contribution in [3.05, 3.63) is 34.5 Å². The third-order valence-corrected chi connectivity index (χ3v) is 6.79. The van der Waals surface area contributed by atoms with Gasteiger partial charge in [0, 0.05) is 17.7 Å². The van der Waals surface area contributed by atoms with E-state index in [0.717, 1.165) is 68.5 Å². The highest BCUT2D eigenvalue weighted by atomic mass is 32.1. The van der Waals surface area contributed by atoms with Gasteiger partial charge < -0.3 is 10.6 Å². The van der Waals surface area contributed by atoms with Crippen molar-refractivity contribution in [2.75, 3.05) is 5.32 Å². The molecule has 0 spiro atoms. The number of hydrogen-bond acceptors (Lipinski definition) is 6. The SMILES string of the molecule is Cc1nnsc1C(=O)NC1(CCc2ccc(NC(=O)C3CC3)nc2)CCCCC1. The monoisotopic (exact) mass is 413 g/mol. The van der Waals surface area contributed by atoms with Gasteiger partial charge in [0.15, 0.2) is 0 Å². The summed E-state index contributed by atoms with van der Waals surface area (Å²) in [4.78, 5) is 29.6. The van der Waals surface area contributed by atoms with Gasteiger partial charge in [0.25, 0.3) is 5.91 Å². The number of carbonyl (C=O) groups is 2. The molecule has 2 aliphatic rings. The molecule has 4 rings (SSSR count). The molecule has 7 nitrogen and oxygen atoms in total. The first-order chi connectivity index (χ1) is 14.0. The molecule has 0 aliphatic heterocycles. The van der Waals surface area contributed by atoms with Gasteiger partial charge in [0.05, 0.1) is 5.69 Å². The fraction of sp³-hybridized carbons (Fsp3) is 0.571. The Hall–Kier alpha value is -2.35. The molecule has 2 aliphatic carbocycles. The van der Waals surface area contributed by atoms with Crippen LogP contribution in [0.3, 0.4) is 0 Å². The standard InChI is InChI=1S/C21H27N5O2S/c1-14-18(29-26-25-14)20(28)24-21(10-3-2-4-11-21)12-9-15-5-8-17(22-13-15)23-19(27)16-6-7-16/h5,8,13,16H,2-4,6-7,9-12H2,1H3,(H,24,28)(H,22,23,27).